The number of fused-ring (bicyclic) bond motifs is 2. The quantitative estimate of drug-likeness (QED) is 0.519. The number of imide groups is 2. The van der Waals surface area contributed by atoms with Gasteiger partial charge in [-0.3, -0.25) is 14.9 Å². The van der Waals surface area contributed by atoms with E-state index in [0.29, 0.717) is 23.1 Å². The van der Waals surface area contributed by atoms with Gasteiger partial charge in [0.2, 0.25) is 6.79 Å². The number of amides is 4. The SMILES string of the molecule is CCN1c2cc(C)c(/C=C3\C(=O)NC(=O)N(c4ccc5c(c4)OCO5)C3=O)cc2[C@@H](C)CC1(C)C. The number of urea groups is 1. The second-order valence-electron chi connectivity index (χ2n) is 9.92. The highest BCUT2D eigenvalue weighted by Gasteiger charge is 2.39. The third-order valence-electron chi connectivity index (χ3n) is 7.11. The molecule has 0 unspecified atom stereocenters. The first-order valence-electron chi connectivity index (χ1n) is 11.8. The third kappa shape index (κ3) is 3.73. The van der Waals surface area contributed by atoms with E-state index in [2.05, 4.69) is 50.0 Å². The van der Waals surface area contributed by atoms with Crippen molar-refractivity contribution in [3.05, 3.63) is 52.6 Å². The molecule has 0 saturated carbocycles. The van der Waals surface area contributed by atoms with Crippen LogP contribution in [-0.4, -0.2) is 36.7 Å². The van der Waals surface area contributed by atoms with E-state index >= 15 is 0 Å². The van der Waals surface area contributed by atoms with Gasteiger partial charge in [-0.05, 0) is 87.1 Å². The molecule has 1 saturated heterocycles. The summed E-state index contributed by atoms with van der Waals surface area (Å²) in [4.78, 5) is 42.1. The van der Waals surface area contributed by atoms with Crippen LogP contribution in [-0.2, 0) is 9.59 Å². The molecule has 2 aromatic rings. The van der Waals surface area contributed by atoms with E-state index in [1.165, 1.54) is 11.3 Å². The van der Waals surface area contributed by atoms with E-state index in [9.17, 15) is 14.4 Å². The van der Waals surface area contributed by atoms with Gasteiger partial charge in [-0.2, -0.15) is 0 Å². The molecule has 3 heterocycles. The molecule has 182 valence electrons. The number of nitrogens with one attached hydrogen (secondary N) is 1. The lowest BCUT2D eigenvalue weighted by Gasteiger charge is -2.47. The number of barbiturate groups is 1. The Morgan fingerprint density at radius 1 is 1.11 bits per heavy atom. The van der Waals surface area contributed by atoms with E-state index in [-0.39, 0.29) is 17.9 Å². The van der Waals surface area contributed by atoms with Gasteiger partial charge in [-0.25, -0.2) is 9.69 Å². The van der Waals surface area contributed by atoms with Crippen molar-refractivity contribution in [3.63, 3.8) is 0 Å². The highest BCUT2D eigenvalue weighted by molar-refractivity contribution is 6.39. The van der Waals surface area contributed by atoms with Crippen LogP contribution < -0.4 is 24.6 Å². The van der Waals surface area contributed by atoms with Crippen LogP contribution in [0.4, 0.5) is 16.2 Å². The molecule has 4 amide bonds. The summed E-state index contributed by atoms with van der Waals surface area (Å²) in [7, 11) is 0. The number of benzene rings is 2. The Kier molecular flexibility index (Phi) is 5.34. The first kappa shape index (κ1) is 23.0. The second-order valence-corrected chi connectivity index (χ2v) is 9.92. The van der Waals surface area contributed by atoms with Crippen molar-refractivity contribution in [2.45, 2.75) is 52.5 Å². The summed E-state index contributed by atoms with van der Waals surface area (Å²) in [6, 6.07) is 8.18. The Morgan fingerprint density at radius 2 is 1.86 bits per heavy atom. The van der Waals surface area contributed by atoms with Crippen molar-refractivity contribution < 1.29 is 23.9 Å². The Balaban J connectivity index is 1.55. The van der Waals surface area contributed by atoms with Crippen LogP contribution >= 0.6 is 0 Å². The topological polar surface area (TPSA) is 88.2 Å². The van der Waals surface area contributed by atoms with Crippen molar-refractivity contribution >= 4 is 35.3 Å². The fourth-order valence-electron chi connectivity index (χ4n) is 5.48. The first-order chi connectivity index (χ1) is 16.6. The molecule has 0 spiro atoms. The van der Waals surface area contributed by atoms with Gasteiger partial charge in [0.15, 0.2) is 11.5 Å². The Hall–Kier alpha value is -3.81. The van der Waals surface area contributed by atoms with Crippen LogP contribution in [0.3, 0.4) is 0 Å². The minimum absolute atomic E-state index is 0.0400. The van der Waals surface area contributed by atoms with Crippen molar-refractivity contribution in [2.24, 2.45) is 0 Å². The lowest BCUT2D eigenvalue weighted by molar-refractivity contribution is -0.122. The number of carbonyl (C=O) groups is 3. The molecule has 0 bridgehead atoms. The molecule has 3 aliphatic heterocycles. The number of hydrogen-bond donors (Lipinski definition) is 1. The summed E-state index contributed by atoms with van der Waals surface area (Å²) in [6.07, 6.45) is 2.58. The largest absolute Gasteiger partial charge is 0.454 e. The monoisotopic (exact) mass is 475 g/mol. The molecule has 1 N–H and O–H groups in total. The molecule has 2 aromatic carbocycles. The van der Waals surface area contributed by atoms with Crippen LogP contribution in [0.2, 0.25) is 0 Å². The maximum atomic E-state index is 13.4. The van der Waals surface area contributed by atoms with Crippen LogP contribution in [0.1, 0.15) is 56.7 Å². The number of hydrogen-bond acceptors (Lipinski definition) is 6. The highest BCUT2D eigenvalue weighted by Crippen LogP contribution is 2.44. The molecule has 8 heteroatoms. The number of aryl methyl sites for hydroxylation is 1. The lowest BCUT2D eigenvalue weighted by atomic mass is 9.79. The van der Waals surface area contributed by atoms with Crippen molar-refractivity contribution in [1.29, 1.82) is 0 Å². The Labute approximate surface area is 204 Å². The molecule has 1 atom stereocenters. The lowest BCUT2D eigenvalue weighted by Crippen LogP contribution is -2.54. The minimum atomic E-state index is -0.799. The fourth-order valence-corrected chi connectivity index (χ4v) is 5.48. The fraction of sp³-hybridized carbons (Fsp3) is 0.370. The molecular formula is C27H29N3O5. The van der Waals surface area contributed by atoms with Gasteiger partial charge in [0.05, 0.1) is 5.69 Å². The number of anilines is 2. The van der Waals surface area contributed by atoms with E-state index in [1.54, 1.807) is 24.3 Å². The van der Waals surface area contributed by atoms with E-state index in [0.717, 1.165) is 29.0 Å². The standard InChI is InChI=1S/C27H29N3O5/c1-6-29-21-9-15(2)17(10-19(21)16(3)13-27(29,4)5)11-20-24(31)28-26(33)30(25(20)32)18-7-8-22-23(12-18)35-14-34-22/h7-12,16H,6,13-14H2,1-5H3,(H,28,31,33)/b20-11+/t16-/m0/s1. The normalized spacial score (nSPS) is 21.9. The van der Waals surface area contributed by atoms with Gasteiger partial charge in [-0.15, -0.1) is 0 Å². The minimum Gasteiger partial charge on any atom is -0.454 e. The smallest absolute Gasteiger partial charge is 0.335 e. The molecule has 8 nitrogen and oxygen atoms in total. The molecule has 1 fully saturated rings. The summed E-state index contributed by atoms with van der Waals surface area (Å²) in [5.41, 5.74) is 4.35. The Morgan fingerprint density at radius 3 is 2.60 bits per heavy atom. The number of rotatable bonds is 3. The van der Waals surface area contributed by atoms with Gasteiger partial charge in [0, 0.05) is 23.8 Å². The summed E-state index contributed by atoms with van der Waals surface area (Å²) in [6.45, 7) is 11.8. The summed E-state index contributed by atoms with van der Waals surface area (Å²) in [5.74, 6) is -0.0947. The maximum Gasteiger partial charge on any atom is 0.335 e. The van der Waals surface area contributed by atoms with E-state index in [1.807, 2.05) is 6.92 Å². The van der Waals surface area contributed by atoms with Gasteiger partial charge < -0.3 is 14.4 Å². The zero-order valence-corrected chi connectivity index (χ0v) is 20.6. The van der Waals surface area contributed by atoms with Gasteiger partial charge >= 0.3 is 6.03 Å². The summed E-state index contributed by atoms with van der Waals surface area (Å²) >= 11 is 0. The van der Waals surface area contributed by atoms with Gasteiger partial charge in [-0.1, -0.05) is 6.92 Å². The second kappa shape index (κ2) is 8.15. The van der Waals surface area contributed by atoms with Crippen molar-refractivity contribution in [3.8, 4) is 11.5 Å². The maximum absolute atomic E-state index is 13.4. The molecule has 5 rings (SSSR count). The van der Waals surface area contributed by atoms with E-state index < -0.39 is 17.8 Å². The van der Waals surface area contributed by atoms with Crippen LogP contribution in [0, 0.1) is 6.92 Å². The number of nitrogens with zero attached hydrogens (tertiary/aromatic N) is 2. The van der Waals surface area contributed by atoms with Crippen molar-refractivity contribution in [2.75, 3.05) is 23.1 Å². The van der Waals surface area contributed by atoms with Crippen LogP contribution in [0.25, 0.3) is 6.08 Å². The van der Waals surface area contributed by atoms with E-state index in [4.69, 9.17) is 9.47 Å². The molecule has 3 aliphatic rings. The van der Waals surface area contributed by atoms with Gasteiger partial charge in [0.1, 0.15) is 5.57 Å². The molecule has 0 aromatic heterocycles. The summed E-state index contributed by atoms with van der Waals surface area (Å²) in [5, 5.41) is 2.29. The average Bonchev–Trinajstić information content (AvgIpc) is 3.25. The number of ether oxygens (including phenoxy) is 2. The predicted octanol–water partition coefficient (Wildman–Crippen LogP) is 4.50. The number of carbonyl (C=O) groups excluding carboxylic acids is 3. The molecule has 0 radical (unpaired) electrons. The van der Waals surface area contributed by atoms with Crippen LogP contribution in [0.15, 0.2) is 35.9 Å². The first-order valence-corrected chi connectivity index (χ1v) is 11.8. The highest BCUT2D eigenvalue weighted by atomic mass is 16.7. The predicted molar refractivity (Wildman–Crippen MR) is 133 cm³/mol. The molecule has 35 heavy (non-hydrogen) atoms. The molecule has 0 aliphatic carbocycles. The third-order valence-corrected chi connectivity index (χ3v) is 7.11. The molecular weight excluding hydrogens is 446 g/mol. The summed E-state index contributed by atoms with van der Waals surface area (Å²) < 4.78 is 10.7. The van der Waals surface area contributed by atoms with Gasteiger partial charge in [0.25, 0.3) is 11.8 Å². The van der Waals surface area contributed by atoms with Crippen molar-refractivity contribution in [1.82, 2.24) is 5.32 Å². The van der Waals surface area contributed by atoms with Crippen LogP contribution in [0.5, 0.6) is 11.5 Å². The Bertz CT molecular complexity index is 1300. The average molecular weight is 476 g/mol. The zero-order chi connectivity index (χ0) is 25.1. The zero-order valence-electron chi connectivity index (χ0n) is 20.6.